The molecule has 1 heterocycles. The van der Waals surface area contributed by atoms with E-state index in [2.05, 4.69) is 5.32 Å². The highest BCUT2D eigenvalue weighted by Gasteiger charge is 2.29. The summed E-state index contributed by atoms with van der Waals surface area (Å²) in [4.78, 5) is 23.7. The summed E-state index contributed by atoms with van der Waals surface area (Å²) >= 11 is 0. The Kier molecular flexibility index (Phi) is 6.31. The summed E-state index contributed by atoms with van der Waals surface area (Å²) in [6.07, 6.45) is 1.84. The maximum atomic E-state index is 13.0. The van der Waals surface area contributed by atoms with Crippen molar-refractivity contribution in [3.63, 3.8) is 0 Å². The number of carbonyl (C=O) groups is 2. The lowest BCUT2D eigenvalue weighted by Gasteiger charge is -2.25. The number of aryl methyl sites for hydroxylation is 2. The van der Waals surface area contributed by atoms with E-state index in [1.54, 1.807) is 26.0 Å². The topological polar surface area (TPSA) is 84.9 Å². The molecule has 0 saturated carbocycles. The van der Waals surface area contributed by atoms with Crippen molar-refractivity contribution in [3.05, 3.63) is 64.7 Å². The standard InChI is InChI=1S/C22H25NO5/c1-14-11-17(12-15(2)21(14)28-13-19(24)25)22(26)23-20(18-9-6-10-27-18)16-7-4-3-5-8-16/h3-5,7-8,11-12,18,20H,6,9-10,13H2,1-2H3,(H,23,26)(H,24,25). The van der Waals surface area contributed by atoms with Crippen molar-refractivity contribution in [2.75, 3.05) is 13.2 Å². The fourth-order valence-electron chi connectivity index (χ4n) is 3.58. The van der Waals surface area contributed by atoms with Crippen LogP contribution in [-0.4, -0.2) is 36.3 Å². The summed E-state index contributed by atoms with van der Waals surface area (Å²) in [7, 11) is 0. The smallest absolute Gasteiger partial charge is 0.341 e. The van der Waals surface area contributed by atoms with Crippen molar-refractivity contribution < 1.29 is 24.2 Å². The lowest BCUT2D eigenvalue weighted by atomic mass is 9.98. The molecule has 6 nitrogen and oxygen atoms in total. The second-order valence-corrected chi connectivity index (χ2v) is 7.03. The summed E-state index contributed by atoms with van der Waals surface area (Å²) in [6.45, 7) is 3.89. The second-order valence-electron chi connectivity index (χ2n) is 7.03. The number of carbonyl (C=O) groups excluding carboxylic acids is 1. The van der Waals surface area contributed by atoms with Gasteiger partial charge in [-0.25, -0.2) is 4.79 Å². The molecule has 1 fully saturated rings. The third-order valence-electron chi connectivity index (χ3n) is 4.84. The van der Waals surface area contributed by atoms with Crippen LogP contribution in [0.2, 0.25) is 0 Å². The highest BCUT2D eigenvalue weighted by molar-refractivity contribution is 5.95. The number of benzene rings is 2. The molecule has 3 rings (SSSR count). The highest BCUT2D eigenvalue weighted by Crippen LogP contribution is 2.29. The Balaban J connectivity index is 1.81. The molecule has 2 atom stereocenters. The van der Waals surface area contributed by atoms with E-state index in [0.29, 0.717) is 17.9 Å². The van der Waals surface area contributed by atoms with Gasteiger partial charge in [0.25, 0.3) is 5.91 Å². The molecule has 1 saturated heterocycles. The minimum atomic E-state index is -1.04. The van der Waals surface area contributed by atoms with Crippen molar-refractivity contribution >= 4 is 11.9 Å². The molecule has 1 amide bonds. The highest BCUT2D eigenvalue weighted by atomic mass is 16.5. The first-order valence-corrected chi connectivity index (χ1v) is 9.39. The molecule has 2 N–H and O–H groups in total. The molecule has 28 heavy (non-hydrogen) atoms. The quantitative estimate of drug-likeness (QED) is 0.765. The number of hydrogen-bond acceptors (Lipinski definition) is 4. The summed E-state index contributed by atoms with van der Waals surface area (Å²) in [5, 5.41) is 11.9. The number of hydrogen-bond donors (Lipinski definition) is 2. The van der Waals surface area contributed by atoms with Crippen molar-refractivity contribution in [2.24, 2.45) is 0 Å². The second kappa shape index (κ2) is 8.89. The number of amides is 1. The zero-order valence-corrected chi connectivity index (χ0v) is 16.1. The van der Waals surface area contributed by atoms with Gasteiger partial charge in [-0.15, -0.1) is 0 Å². The molecule has 2 aromatic rings. The van der Waals surface area contributed by atoms with Crippen molar-refractivity contribution in [1.82, 2.24) is 5.32 Å². The number of carboxylic acids is 1. The summed E-state index contributed by atoms with van der Waals surface area (Å²) in [5.74, 6) is -0.735. The number of nitrogens with one attached hydrogen (secondary N) is 1. The van der Waals surface area contributed by atoms with Gasteiger partial charge in [0.05, 0.1) is 12.1 Å². The third kappa shape index (κ3) is 4.70. The van der Waals surface area contributed by atoms with Crippen molar-refractivity contribution in [2.45, 2.75) is 38.8 Å². The predicted octanol–water partition coefficient (Wildman–Crippen LogP) is 3.42. The predicted molar refractivity (Wildman–Crippen MR) is 105 cm³/mol. The van der Waals surface area contributed by atoms with Gasteiger partial charge in [-0.05, 0) is 55.5 Å². The Morgan fingerprint density at radius 1 is 1.21 bits per heavy atom. The lowest BCUT2D eigenvalue weighted by molar-refractivity contribution is -0.139. The fourth-order valence-corrected chi connectivity index (χ4v) is 3.58. The number of aliphatic carboxylic acids is 1. The molecule has 1 aliphatic rings. The fraction of sp³-hybridized carbons (Fsp3) is 0.364. The van der Waals surface area contributed by atoms with E-state index in [4.69, 9.17) is 14.6 Å². The van der Waals surface area contributed by atoms with Gasteiger partial charge in [0.1, 0.15) is 5.75 Å². The Morgan fingerprint density at radius 2 is 1.89 bits per heavy atom. The maximum absolute atomic E-state index is 13.0. The van der Waals surface area contributed by atoms with Gasteiger partial charge in [-0.1, -0.05) is 30.3 Å². The molecule has 2 unspecified atom stereocenters. The van der Waals surface area contributed by atoms with Crippen LogP contribution in [0, 0.1) is 13.8 Å². The molecule has 6 heteroatoms. The largest absolute Gasteiger partial charge is 0.481 e. The van der Waals surface area contributed by atoms with Crippen LogP contribution in [0.5, 0.6) is 5.75 Å². The van der Waals surface area contributed by atoms with Crippen LogP contribution in [0.25, 0.3) is 0 Å². The SMILES string of the molecule is Cc1cc(C(=O)NC(c2ccccc2)C2CCCO2)cc(C)c1OCC(=O)O. The van der Waals surface area contributed by atoms with Gasteiger partial charge in [0, 0.05) is 12.2 Å². The Bertz CT molecular complexity index is 820. The molecule has 148 valence electrons. The van der Waals surface area contributed by atoms with Crippen molar-refractivity contribution in [1.29, 1.82) is 0 Å². The molecule has 0 bridgehead atoms. The van der Waals surface area contributed by atoms with Gasteiger partial charge < -0.3 is 19.9 Å². The molecular weight excluding hydrogens is 358 g/mol. The first-order valence-electron chi connectivity index (χ1n) is 9.39. The minimum Gasteiger partial charge on any atom is -0.481 e. The molecule has 0 radical (unpaired) electrons. The van der Waals surface area contributed by atoms with Gasteiger partial charge in [0.2, 0.25) is 0 Å². The van der Waals surface area contributed by atoms with Crippen LogP contribution in [0.3, 0.4) is 0 Å². The normalized spacial score (nSPS) is 17.1. The molecule has 2 aromatic carbocycles. The summed E-state index contributed by atoms with van der Waals surface area (Å²) in [6, 6.07) is 13.0. The number of rotatable bonds is 7. The van der Waals surface area contributed by atoms with Crippen LogP contribution in [0.1, 0.15) is 45.9 Å². The van der Waals surface area contributed by atoms with E-state index in [0.717, 1.165) is 29.5 Å². The average Bonchev–Trinajstić information content (AvgIpc) is 3.20. The molecule has 0 aliphatic carbocycles. The molecule has 1 aliphatic heterocycles. The first kappa shape index (κ1) is 19.9. The number of ether oxygens (including phenoxy) is 2. The van der Waals surface area contributed by atoms with Crippen LogP contribution >= 0.6 is 0 Å². The van der Waals surface area contributed by atoms with E-state index in [9.17, 15) is 9.59 Å². The first-order chi connectivity index (χ1) is 13.5. The zero-order valence-electron chi connectivity index (χ0n) is 16.1. The monoisotopic (exact) mass is 383 g/mol. The van der Waals surface area contributed by atoms with E-state index in [1.807, 2.05) is 30.3 Å². The average molecular weight is 383 g/mol. The van der Waals surface area contributed by atoms with Crippen LogP contribution in [0.15, 0.2) is 42.5 Å². The molecular formula is C22H25NO5. The lowest BCUT2D eigenvalue weighted by Crippen LogP contribution is -2.36. The maximum Gasteiger partial charge on any atom is 0.341 e. The molecule has 0 spiro atoms. The van der Waals surface area contributed by atoms with Gasteiger partial charge in [0.15, 0.2) is 6.61 Å². The minimum absolute atomic E-state index is 0.0493. The van der Waals surface area contributed by atoms with Gasteiger partial charge in [-0.2, -0.15) is 0 Å². The van der Waals surface area contributed by atoms with Gasteiger partial charge in [-0.3, -0.25) is 4.79 Å². The van der Waals surface area contributed by atoms with E-state index in [-0.39, 0.29) is 18.1 Å². The van der Waals surface area contributed by atoms with Crippen LogP contribution < -0.4 is 10.1 Å². The van der Waals surface area contributed by atoms with Crippen LogP contribution in [-0.2, 0) is 9.53 Å². The Morgan fingerprint density at radius 3 is 2.46 bits per heavy atom. The van der Waals surface area contributed by atoms with E-state index < -0.39 is 12.6 Å². The number of carboxylic acid groups (broad SMARTS) is 1. The van der Waals surface area contributed by atoms with Gasteiger partial charge >= 0.3 is 5.97 Å². The Labute approximate surface area is 164 Å². The summed E-state index contributed by atoms with van der Waals surface area (Å²) < 4.78 is 11.2. The van der Waals surface area contributed by atoms with Crippen LogP contribution in [0.4, 0.5) is 0 Å². The third-order valence-corrected chi connectivity index (χ3v) is 4.84. The van der Waals surface area contributed by atoms with E-state index in [1.165, 1.54) is 0 Å². The molecule has 0 aromatic heterocycles. The summed E-state index contributed by atoms with van der Waals surface area (Å²) in [5.41, 5.74) is 2.97. The Hall–Kier alpha value is -2.86. The zero-order chi connectivity index (χ0) is 20.1. The van der Waals surface area contributed by atoms with Crippen molar-refractivity contribution in [3.8, 4) is 5.75 Å². The van der Waals surface area contributed by atoms with E-state index >= 15 is 0 Å².